The summed E-state index contributed by atoms with van der Waals surface area (Å²) in [5.74, 6) is 0.926. The van der Waals surface area contributed by atoms with Crippen molar-refractivity contribution in [1.82, 2.24) is 0 Å². The van der Waals surface area contributed by atoms with Gasteiger partial charge < -0.3 is 4.74 Å². The summed E-state index contributed by atoms with van der Waals surface area (Å²) in [6.45, 7) is 4.51. The third kappa shape index (κ3) is 3.89. The van der Waals surface area contributed by atoms with Crippen molar-refractivity contribution in [3.63, 3.8) is 0 Å². The van der Waals surface area contributed by atoms with Crippen LogP contribution in [0.4, 0.5) is 0 Å². The van der Waals surface area contributed by atoms with Crippen molar-refractivity contribution in [3.8, 4) is 5.75 Å². The van der Waals surface area contributed by atoms with E-state index in [9.17, 15) is 0 Å². The second kappa shape index (κ2) is 7.46. The molecular weight excluding hydrogens is 280 g/mol. The monoisotopic (exact) mass is 300 g/mol. The fourth-order valence-corrected chi connectivity index (χ4v) is 2.63. The van der Waals surface area contributed by atoms with Crippen molar-refractivity contribution >= 4 is 6.08 Å². The van der Waals surface area contributed by atoms with Crippen LogP contribution in [-0.2, 0) is 13.0 Å². The summed E-state index contributed by atoms with van der Waals surface area (Å²) in [7, 11) is 0. The number of hydrogen-bond donors (Lipinski definition) is 0. The van der Waals surface area contributed by atoms with Gasteiger partial charge in [0.15, 0.2) is 0 Å². The smallest absolute Gasteiger partial charge is 0.123 e. The van der Waals surface area contributed by atoms with E-state index in [1.807, 2.05) is 42.5 Å². The highest BCUT2D eigenvalue weighted by molar-refractivity contribution is 5.58. The van der Waals surface area contributed by atoms with Crippen LogP contribution in [0.1, 0.15) is 22.3 Å². The predicted octanol–water partition coefficient (Wildman–Crippen LogP) is 5.50. The molecule has 0 heterocycles. The zero-order valence-electron chi connectivity index (χ0n) is 13.1. The molecule has 114 valence electrons. The van der Waals surface area contributed by atoms with Crippen LogP contribution in [-0.4, -0.2) is 0 Å². The Morgan fingerprint density at radius 2 is 1.39 bits per heavy atom. The SMILES string of the molecule is C=Cc1cccc(OCc2ccccc2)c1Cc1ccccc1. The number of benzene rings is 3. The summed E-state index contributed by atoms with van der Waals surface area (Å²) in [5, 5.41) is 0. The summed E-state index contributed by atoms with van der Waals surface area (Å²) in [6.07, 6.45) is 2.74. The zero-order chi connectivity index (χ0) is 15.9. The minimum Gasteiger partial charge on any atom is -0.489 e. The van der Waals surface area contributed by atoms with E-state index in [-0.39, 0.29) is 0 Å². The van der Waals surface area contributed by atoms with E-state index in [1.165, 1.54) is 16.7 Å². The van der Waals surface area contributed by atoms with Crippen LogP contribution >= 0.6 is 0 Å². The minimum absolute atomic E-state index is 0.573. The highest BCUT2D eigenvalue weighted by atomic mass is 16.5. The van der Waals surface area contributed by atoms with E-state index in [0.29, 0.717) is 6.61 Å². The van der Waals surface area contributed by atoms with Gasteiger partial charge in [-0.05, 0) is 22.8 Å². The van der Waals surface area contributed by atoms with Crippen molar-refractivity contribution in [2.45, 2.75) is 13.0 Å². The molecule has 0 spiro atoms. The lowest BCUT2D eigenvalue weighted by molar-refractivity contribution is 0.303. The molecule has 0 bridgehead atoms. The lowest BCUT2D eigenvalue weighted by atomic mass is 9.98. The predicted molar refractivity (Wildman–Crippen MR) is 96.6 cm³/mol. The number of ether oxygens (including phenoxy) is 1. The Bertz CT molecular complexity index is 760. The molecule has 3 rings (SSSR count). The standard InChI is InChI=1S/C22H20O/c1-2-20-14-9-15-22(23-17-19-12-7-4-8-13-19)21(20)16-18-10-5-3-6-11-18/h2-15H,1,16-17H2. The van der Waals surface area contributed by atoms with Crippen molar-refractivity contribution < 1.29 is 4.74 Å². The van der Waals surface area contributed by atoms with Crippen LogP contribution in [0.5, 0.6) is 5.75 Å². The van der Waals surface area contributed by atoms with E-state index in [2.05, 4.69) is 49.0 Å². The quantitative estimate of drug-likeness (QED) is 0.584. The molecule has 0 N–H and O–H groups in total. The molecular formula is C22H20O. The maximum absolute atomic E-state index is 6.09. The second-order valence-electron chi connectivity index (χ2n) is 5.46. The maximum Gasteiger partial charge on any atom is 0.123 e. The largest absolute Gasteiger partial charge is 0.489 e. The van der Waals surface area contributed by atoms with Crippen molar-refractivity contribution in [2.75, 3.05) is 0 Å². The highest BCUT2D eigenvalue weighted by Crippen LogP contribution is 2.27. The van der Waals surface area contributed by atoms with Gasteiger partial charge in [0, 0.05) is 12.0 Å². The van der Waals surface area contributed by atoms with Gasteiger partial charge in [0.25, 0.3) is 0 Å². The molecule has 23 heavy (non-hydrogen) atoms. The van der Waals surface area contributed by atoms with Crippen LogP contribution in [0.15, 0.2) is 85.4 Å². The molecule has 1 nitrogen and oxygen atoms in total. The Morgan fingerprint density at radius 3 is 2.04 bits per heavy atom. The molecule has 3 aromatic carbocycles. The van der Waals surface area contributed by atoms with Gasteiger partial charge in [-0.1, -0.05) is 85.5 Å². The van der Waals surface area contributed by atoms with Crippen LogP contribution in [0.25, 0.3) is 6.08 Å². The highest BCUT2D eigenvalue weighted by Gasteiger charge is 2.09. The molecule has 0 aliphatic rings. The van der Waals surface area contributed by atoms with Crippen LogP contribution in [0.3, 0.4) is 0 Å². The molecule has 0 amide bonds. The lowest BCUT2D eigenvalue weighted by Gasteiger charge is -2.14. The summed E-state index contributed by atoms with van der Waals surface area (Å²) in [5.41, 5.74) is 4.75. The van der Waals surface area contributed by atoms with Gasteiger partial charge in [-0.15, -0.1) is 0 Å². The van der Waals surface area contributed by atoms with Crippen molar-refractivity contribution in [1.29, 1.82) is 0 Å². The molecule has 0 aliphatic heterocycles. The molecule has 0 radical (unpaired) electrons. The van der Waals surface area contributed by atoms with Gasteiger partial charge >= 0.3 is 0 Å². The Hall–Kier alpha value is -2.80. The Kier molecular flexibility index (Phi) is 4.90. The van der Waals surface area contributed by atoms with E-state index in [0.717, 1.165) is 17.7 Å². The minimum atomic E-state index is 0.573. The number of hydrogen-bond acceptors (Lipinski definition) is 1. The van der Waals surface area contributed by atoms with Gasteiger partial charge in [-0.2, -0.15) is 0 Å². The first-order valence-electron chi connectivity index (χ1n) is 7.82. The Labute approximate surface area is 137 Å². The van der Waals surface area contributed by atoms with E-state index in [1.54, 1.807) is 0 Å². The van der Waals surface area contributed by atoms with Crippen molar-refractivity contribution in [2.24, 2.45) is 0 Å². The molecule has 1 heteroatoms. The molecule has 0 atom stereocenters. The normalized spacial score (nSPS) is 10.3. The molecule has 0 unspecified atom stereocenters. The van der Waals surface area contributed by atoms with Crippen molar-refractivity contribution in [3.05, 3.63) is 108 Å². The van der Waals surface area contributed by atoms with Gasteiger partial charge in [0.1, 0.15) is 12.4 Å². The average Bonchev–Trinajstić information content (AvgIpc) is 2.62. The van der Waals surface area contributed by atoms with Crippen LogP contribution in [0, 0.1) is 0 Å². The Balaban J connectivity index is 1.85. The summed E-state index contributed by atoms with van der Waals surface area (Å²) >= 11 is 0. The molecule has 3 aromatic rings. The fourth-order valence-electron chi connectivity index (χ4n) is 2.63. The summed E-state index contributed by atoms with van der Waals surface area (Å²) in [6, 6.07) is 26.8. The molecule has 0 aromatic heterocycles. The second-order valence-corrected chi connectivity index (χ2v) is 5.46. The summed E-state index contributed by atoms with van der Waals surface area (Å²) in [4.78, 5) is 0. The van der Waals surface area contributed by atoms with Gasteiger partial charge in [-0.25, -0.2) is 0 Å². The van der Waals surface area contributed by atoms with Gasteiger partial charge in [0.05, 0.1) is 0 Å². The van der Waals surface area contributed by atoms with Crippen LogP contribution < -0.4 is 4.74 Å². The first-order chi connectivity index (χ1) is 11.4. The average molecular weight is 300 g/mol. The molecule has 0 aliphatic carbocycles. The topological polar surface area (TPSA) is 9.23 Å². The zero-order valence-corrected chi connectivity index (χ0v) is 13.1. The van der Waals surface area contributed by atoms with Crippen LogP contribution in [0.2, 0.25) is 0 Å². The summed E-state index contributed by atoms with van der Waals surface area (Å²) < 4.78 is 6.09. The first kappa shape index (κ1) is 15.1. The van der Waals surface area contributed by atoms with Gasteiger partial charge in [0.2, 0.25) is 0 Å². The first-order valence-corrected chi connectivity index (χ1v) is 7.82. The number of rotatable bonds is 6. The van der Waals surface area contributed by atoms with E-state index < -0.39 is 0 Å². The fraction of sp³-hybridized carbons (Fsp3) is 0.0909. The maximum atomic E-state index is 6.09. The third-order valence-corrected chi connectivity index (χ3v) is 3.85. The molecule has 0 fully saturated rings. The van der Waals surface area contributed by atoms with Gasteiger partial charge in [-0.3, -0.25) is 0 Å². The molecule has 0 saturated heterocycles. The molecule has 0 saturated carbocycles. The Morgan fingerprint density at radius 1 is 0.739 bits per heavy atom. The lowest BCUT2D eigenvalue weighted by Crippen LogP contribution is -2.01. The third-order valence-electron chi connectivity index (χ3n) is 3.85. The van der Waals surface area contributed by atoms with E-state index >= 15 is 0 Å². The van der Waals surface area contributed by atoms with E-state index in [4.69, 9.17) is 4.74 Å².